The number of likely N-dealkylation sites (tertiary alicyclic amines) is 1. The van der Waals surface area contributed by atoms with Crippen molar-refractivity contribution in [2.75, 3.05) is 31.5 Å². The van der Waals surface area contributed by atoms with Crippen LogP contribution in [-0.4, -0.2) is 71.6 Å². The maximum absolute atomic E-state index is 12.9. The number of benzene rings is 1. The highest BCUT2D eigenvalue weighted by Gasteiger charge is 2.44. The highest BCUT2D eigenvalue weighted by Crippen LogP contribution is 2.29. The topological polar surface area (TPSA) is 142 Å². The molecule has 5 amide bonds. The van der Waals surface area contributed by atoms with Crippen molar-refractivity contribution >= 4 is 35.2 Å². The molecule has 2 unspecified atom stereocenters. The number of fused-ring (bicyclic) bond motifs is 1. The van der Waals surface area contributed by atoms with Crippen LogP contribution in [0.15, 0.2) is 18.2 Å². The molecule has 206 valence electrons. The molecule has 4 N–H and O–H groups in total. The molecule has 3 aliphatic heterocycles. The molecule has 2 fully saturated rings. The number of hydrogen-bond acceptors (Lipinski definition) is 7. The van der Waals surface area contributed by atoms with Gasteiger partial charge in [0.1, 0.15) is 6.04 Å². The van der Waals surface area contributed by atoms with Crippen LogP contribution in [0.4, 0.5) is 5.69 Å². The molecule has 10 nitrogen and oxygen atoms in total. The zero-order valence-corrected chi connectivity index (χ0v) is 22.0. The van der Waals surface area contributed by atoms with Gasteiger partial charge in [-0.05, 0) is 63.4 Å². The van der Waals surface area contributed by atoms with Crippen molar-refractivity contribution in [3.63, 3.8) is 0 Å². The van der Waals surface area contributed by atoms with Gasteiger partial charge in [0.25, 0.3) is 11.8 Å². The summed E-state index contributed by atoms with van der Waals surface area (Å²) in [6, 6.07) is 4.14. The Morgan fingerprint density at radius 3 is 2.39 bits per heavy atom. The second kappa shape index (κ2) is 13.0. The van der Waals surface area contributed by atoms with Gasteiger partial charge in [0.05, 0.1) is 17.0 Å². The molecule has 2 atom stereocenters. The number of carbonyl (C=O) groups excluding carboxylic acids is 5. The van der Waals surface area contributed by atoms with Gasteiger partial charge < -0.3 is 16.0 Å². The van der Waals surface area contributed by atoms with Gasteiger partial charge >= 0.3 is 0 Å². The van der Waals surface area contributed by atoms with E-state index in [9.17, 15) is 24.0 Å². The summed E-state index contributed by atoms with van der Waals surface area (Å²) in [6.45, 7) is 3.71. The molecule has 3 heterocycles. The number of piperidine rings is 2. The number of nitrogens with zero attached hydrogens (tertiary/aromatic N) is 2. The largest absolute Gasteiger partial charge is 0.385 e. The van der Waals surface area contributed by atoms with Crippen LogP contribution in [0.5, 0.6) is 0 Å². The molecular weight excluding hydrogens is 486 g/mol. The maximum atomic E-state index is 12.9. The van der Waals surface area contributed by atoms with Gasteiger partial charge in [0.15, 0.2) is 0 Å². The highest BCUT2D eigenvalue weighted by molar-refractivity contribution is 6.23. The van der Waals surface area contributed by atoms with Gasteiger partial charge in [-0.25, -0.2) is 0 Å². The number of imide groups is 2. The minimum atomic E-state index is -0.949. The highest BCUT2D eigenvalue weighted by atomic mass is 16.2. The first kappa shape index (κ1) is 27.8. The minimum Gasteiger partial charge on any atom is -0.385 e. The second-order valence-corrected chi connectivity index (χ2v) is 10.7. The van der Waals surface area contributed by atoms with E-state index in [-0.39, 0.29) is 30.6 Å². The molecule has 2 saturated heterocycles. The molecule has 0 spiro atoms. The predicted molar refractivity (Wildman–Crippen MR) is 142 cm³/mol. The van der Waals surface area contributed by atoms with E-state index in [0.717, 1.165) is 68.9 Å². The van der Waals surface area contributed by atoms with Crippen LogP contribution in [0, 0.1) is 5.92 Å². The average Bonchev–Trinajstić information content (AvgIpc) is 3.14. The first-order valence-corrected chi connectivity index (χ1v) is 14.0. The number of primary amides is 1. The van der Waals surface area contributed by atoms with E-state index in [1.54, 1.807) is 18.2 Å². The third-order valence-corrected chi connectivity index (χ3v) is 7.83. The summed E-state index contributed by atoms with van der Waals surface area (Å²) in [4.78, 5) is 64.1. The summed E-state index contributed by atoms with van der Waals surface area (Å²) in [6.07, 6.45) is 10.3. The number of anilines is 1. The lowest BCUT2D eigenvalue weighted by atomic mass is 9.97. The molecule has 1 aromatic rings. The number of hydrogen-bond donors (Lipinski definition) is 3. The summed E-state index contributed by atoms with van der Waals surface area (Å²) in [7, 11) is 0. The zero-order chi connectivity index (χ0) is 27.1. The van der Waals surface area contributed by atoms with E-state index >= 15 is 0 Å². The first-order chi connectivity index (χ1) is 18.3. The van der Waals surface area contributed by atoms with Crippen LogP contribution in [0.3, 0.4) is 0 Å². The van der Waals surface area contributed by atoms with Gasteiger partial charge in [0, 0.05) is 25.2 Å². The number of rotatable bonds is 13. The summed E-state index contributed by atoms with van der Waals surface area (Å²) in [5, 5.41) is 5.54. The summed E-state index contributed by atoms with van der Waals surface area (Å²) in [5.74, 6) is -2.12. The standard InChI is InChI=1S/C28H39N5O5/c29-25(35)19-9-8-16-32(18-19)15-7-5-3-1-2-4-6-14-30-20-10-11-21-22(17-20)28(38)33(27(21)37)23-12-13-24(34)31-26(23)36/h10-11,17,19,23,30H,1-9,12-16,18H2,(H2,29,35)(H,31,34,36). The van der Waals surface area contributed by atoms with E-state index in [2.05, 4.69) is 15.5 Å². The normalized spacial score (nSPS) is 21.9. The lowest BCUT2D eigenvalue weighted by molar-refractivity contribution is -0.136. The Balaban J connectivity index is 1.10. The zero-order valence-electron chi connectivity index (χ0n) is 22.0. The SMILES string of the molecule is NC(=O)C1CCCN(CCCCCCCCCNc2ccc3c(c2)C(=O)N(C2CCC(=O)NC2=O)C3=O)C1. The number of nitrogens with one attached hydrogen (secondary N) is 2. The second-order valence-electron chi connectivity index (χ2n) is 10.7. The molecule has 3 aliphatic rings. The van der Waals surface area contributed by atoms with E-state index in [1.807, 2.05) is 0 Å². The van der Waals surface area contributed by atoms with Gasteiger partial charge in [-0.15, -0.1) is 0 Å². The maximum Gasteiger partial charge on any atom is 0.262 e. The van der Waals surface area contributed by atoms with Crippen molar-refractivity contribution in [3.05, 3.63) is 29.3 Å². The van der Waals surface area contributed by atoms with Crippen LogP contribution < -0.4 is 16.4 Å². The smallest absolute Gasteiger partial charge is 0.262 e. The van der Waals surface area contributed by atoms with Crippen molar-refractivity contribution in [1.82, 2.24) is 15.1 Å². The fraction of sp³-hybridized carbons (Fsp3) is 0.607. The summed E-state index contributed by atoms with van der Waals surface area (Å²) in [5.41, 5.74) is 6.81. The fourth-order valence-corrected chi connectivity index (χ4v) is 5.65. The summed E-state index contributed by atoms with van der Waals surface area (Å²) < 4.78 is 0. The monoisotopic (exact) mass is 525 g/mol. The van der Waals surface area contributed by atoms with Crippen LogP contribution in [0.25, 0.3) is 0 Å². The Kier molecular flexibility index (Phi) is 9.49. The first-order valence-electron chi connectivity index (χ1n) is 14.0. The van der Waals surface area contributed by atoms with Crippen molar-refractivity contribution in [2.45, 2.75) is 76.7 Å². The van der Waals surface area contributed by atoms with Crippen LogP contribution >= 0.6 is 0 Å². The predicted octanol–water partition coefficient (Wildman–Crippen LogP) is 2.43. The fourth-order valence-electron chi connectivity index (χ4n) is 5.65. The minimum absolute atomic E-state index is 0.0182. The van der Waals surface area contributed by atoms with E-state index < -0.39 is 23.8 Å². The number of nitrogens with two attached hydrogens (primary N) is 1. The van der Waals surface area contributed by atoms with Crippen LogP contribution in [-0.2, 0) is 14.4 Å². The number of amides is 5. The Labute approximate surface area is 223 Å². The van der Waals surface area contributed by atoms with E-state index in [1.165, 1.54) is 25.7 Å². The number of unbranched alkanes of at least 4 members (excludes halogenated alkanes) is 6. The quantitative estimate of drug-likeness (QED) is 0.265. The van der Waals surface area contributed by atoms with Crippen molar-refractivity contribution in [1.29, 1.82) is 0 Å². The lowest BCUT2D eigenvalue weighted by Gasteiger charge is -2.31. The third kappa shape index (κ3) is 6.78. The third-order valence-electron chi connectivity index (χ3n) is 7.83. The van der Waals surface area contributed by atoms with Crippen LogP contribution in [0.1, 0.15) is 91.3 Å². The van der Waals surface area contributed by atoms with Gasteiger partial charge in [-0.1, -0.05) is 32.1 Å². The molecule has 1 aromatic carbocycles. The molecular formula is C28H39N5O5. The average molecular weight is 526 g/mol. The van der Waals surface area contributed by atoms with Gasteiger partial charge in [0.2, 0.25) is 17.7 Å². The molecule has 0 aliphatic carbocycles. The Morgan fingerprint density at radius 1 is 0.947 bits per heavy atom. The molecule has 4 rings (SSSR count). The molecule has 0 saturated carbocycles. The van der Waals surface area contributed by atoms with Crippen LogP contribution in [0.2, 0.25) is 0 Å². The van der Waals surface area contributed by atoms with Crippen molar-refractivity contribution in [3.8, 4) is 0 Å². The Morgan fingerprint density at radius 2 is 1.66 bits per heavy atom. The van der Waals surface area contributed by atoms with E-state index in [0.29, 0.717) is 11.1 Å². The van der Waals surface area contributed by atoms with Gasteiger partial charge in [-0.2, -0.15) is 0 Å². The molecule has 0 bridgehead atoms. The number of carbonyl (C=O) groups is 5. The Hall–Kier alpha value is -3.27. The summed E-state index contributed by atoms with van der Waals surface area (Å²) >= 11 is 0. The molecule has 38 heavy (non-hydrogen) atoms. The Bertz CT molecular complexity index is 1070. The van der Waals surface area contributed by atoms with Gasteiger partial charge in [-0.3, -0.25) is 34.2 Å². The van der Waals surface area contributed by atoms with Crippen molar-refractivity contribution < 1.29 is 24.0 Å². The molecule has 0 radical (unpaired) electrons. The molecule has 0 aromatic heterocycles. The van der Waals surface area contributed by atoms with E-state index in [4.69, 9.17) is 5.73 Å². The molecule has 10 heteroatoms. The van der Waals surface area contributed by atoms with Crippen molar-refractivity contribution in [2.24, 2.45) is 11.7 Å². The lowest BCUT2D eigenvalue weighted by Crippen LogP contribution is -2.54.